The number of carbonyl (C=O) groups excluding carboxylic acids is 1. The topological polar surface area (TPSA) is 73.4 Å². The molecule has 1 atom stereocenters. The van der Waals surface area contributed by atoms with Gasteiger partial charge < -0.3 is 19.2 Å². The van der Waals surface area contributed by atoms with Gasteiger partial charge in [0.15, 0.2) is 17.2 Å². The molecule has 1 aliphatic carbocycles. The molecule has 1 aromatic heterocycles. The van der Waals surface area contributed by atoms with Crippen molar-refractivity contribution in [2.24, 2.45) is 0 Å². The number of aromatic nitrogens is 2. The van der Waals surface area contributed by atoms with Gasteiger partial charge in [0.2, 0.25) is 0 Å². The number of fused-ring (bicyclic) bond motifs is 1. The summed E-state index contributed by atoms with van der Waals surface area (Å²) in [7, 11) is 1.65. The summed E-state index contributed by atoms with van der Waals surface area (Å²) in [5.41, 5.74) is 2.88. The fraction of sp³-hybridized carbons (Fsp3) is 0.360. The molecule has 162 valence electrons. The maximum Gasteiger partial charge on any atom is 0.188 e. The second-order valence-corrected chi connectivity index (χ2v) is 7.83. The Morgan fingerprint density at radius 1 is 1.10 bits per heavy atom. The lowest BCUT2D eigenvalue weighted by molar-refractivity contribution is 0.0570. The molecule has 31 heavy (non-hydrogen) atoms. The highest BCUT2D eigenvalue weighted by Gasteiger charge is 2.35. The van der Waals surface area contributed by atoms with Crippen LogP contribution in [0.4, 0.5) is 0 Å². The van der Waals surface area contributed by atoms with Crippen molar-refractivity contribution < 1.29 is 19.0 Å². The predicted molar refractivity (Wildman–Crippen MR) is 117 cm³/mol. The van der Waals surface area contributed by atoms with Crippen LogP contribution in [0, 0.1) is 0 Å². The first-order valence-corrected chi connectivity index (χ1v) is 10.6. The number of H-pyrrole nitrogens is 1. The van der Waals surface area contributed by atoms with Gasteiger partial charge in [-0.25, -0.2) is 4.98 Å². The minimum Gasteiger partial charge on any atom is -0.474 e. The van der Waals surface area contributed by atoms with Gasteiger partial charge in [0.25, 0.3) is 0 Å². The molecule has 6 heteroatoms. The van der Waals surface area contributed by atoms with Crippen molar-refractivity contribution in [1.29, 1.82) is 0 Å². The lowest BCUT2D eigenvalue weighted by Crippen LogP contribution is -2.33. The zero-order chi connectivity index (χ0) is 21.7. The van der Waals surface area contributed by atoms with Gasteiger partial charge in [-0.3, -0.25) is 4.79 Å². The zero-order valence-corrected chi connectivity index (χ0v) is 18.0. The highest BCUT2D eigenvalue weighted by atomic mass is 16.5. The van der Waals surface area contributed by atoms with E-state index in [9.17, 15) is 4.79 Å². The summed E-state index contributed by atoms with van der Waals surface area (Å²) in [6.45, 7) is 3.35. The Kier molecular flexibility index (Phi) is 6.49. The Bertz CT molecular complexity index is 1020. The number of aromatic amines is 1. The van der Waals surface area contributed by atoms with Gasteiger partial charge >= 0.3 is 0 Å². The molecule has 0 saturated carbocycles. The molecular formula is C25H28N2O4. The van der Waals surface area contributed by atoms with Crippen molar-refractivity contribution in [3.8, 4) is 5.75 Å². The number of ether oxygens (including phenoxy) is 3. The molecule has 1 aliphatic rings. The molecule has 0 amide bonds. The third kappa shape index (κ3) is 4.40. The van der Waals surface area contributed by atoms with Crippen molar-refractivity contribution in [3.63, 3.8) is 0 Å². The Morgan fingerprint density at radius 2 is 1.94 bits per heavy atom. The van der Waals surface area contributed by atoms with Crippen LogP contribution in [0.25, 0.3) is 0 Å². The number of Topliss-reactive ketones (excluding diaryl/α,β-unsaturated/α-hetero) is 1. The first kappa shape index (κ1) is 21.3. The fourth-order valence-corrected chi connectivity index (χ4v) is 4.10. The van der Waals surface area contributed by atoms with E-state index in [-0.39, 0.29) is 5.78 Å². The number of nitrogens with one attached hydrogen (secondary N) is 1. The molecule has 1 heterocycles. The zero-order valence-electron chi connectivity index (χ0n) is 18.0. The molecule has 0 bridgehead atoms. The molecule has 0 fully saturated rings. The number of carbonyl (C=O) groups is 1. The molecule has 4 rings (SSSR count). The van der Waals surface area contributed by atoms with Crippen LogP contribution >= 0.6 is 0 Å². The first-order valence-electron chi connectivity index (χ1n) is 10.6. The largest absolute Gasteiger partial charge is 0.474 e. The molecule has 1 N–H and O–H groups in total. The van der Waals surface area contributed by atoms with Gasteiger partial charge in [-0.05, 0) is 37.5 Å². The minimum absolute atomic E-state index is 0.183. The number of benzene rings is 2. The smallest absolute Gasteiger partial charge is 0.188 e. The van der Waals surface area contributed by atoms with Crippen LogP contribution in [-0.4, -0.2) is 36.1 Å². The molecule has 0 saturated heterocycles. The third-order valence-corrected chi connectivity index (χ3v) is 5.79. The van der Waals surface area contributed by atoms with Crippen LogP contribution in [0.3, 0.4) is 0 Å². The van der Waals surface area contributed by atoms with Crippen molar-refractivity contribution in [1.82, 2.24) is 9.97 Å². The highest BCUT2D eigenvalue weighted by Crippen LogP contribution is 2.38. The number of hydrogen-bond acceptors (Lipinski definition) is 5. The minimum atomic E-state index is -0.834. The maximum absolute atomic E-state index is 12.5. The summed E-state index contributed by atoms with van der Waals surface area (Å²) in [6.07, 6.45) is 5.78. The SMILES string of the molecule is COCCOCc1c(O[C@@](C)(c2ccccc2)c2ncc[nH]2)ccc2c1CCCC2=O. The average molecular weight is 421 g/mol. The average Bonchev–Trinajstić information content (AvgIpc) is 3.34. The van der Waals surface area contributed by atoms with Gasteiger partial charge in [-0.15, -0.1) is 0 Å². The molecule has 0 aliphatic heterocycles. The van der Waals surface area contributed by atoms with E-state index < -0.39 is 5.60 Å². The van der Waals surface area contributed by atoms with Gasteiger partial charge in [0.1, 0.15) is 5.75 Å². The van der Waals surface area contributed by atoms with E-state index in [1.54, 1.807) is 19.5 Å². The molecule has 0 unspecified atom stereocenters. The summed E-state index contributed by atoms with van der Waals surface area (Å²) in [5, 5.41) is 0. The first-order chi connectivity index (χ1) is 15.1. The van der Waals surface area contributed by atoms with Gasteiger partial charge in [0, 0.05) is 42.6 Å². The van der Waals surface area contributed by atoms with Gasteiger partial charge in [0.05, 0.1) is 19.8 Å². The van der Waals surface area contributed by atoms with E-state index in [1.165, 1.54) is 0 Å². The number of methoxy groups -OCH3 is 1. The fourth-order valence-electron chi connectivity index (χ4n) is 4.10. The summed E-state index contributed by atoms with van der Waals surface area (Å²) in [6, 6.07) is 13.8. The Labute approximate surface area is 182 Å². The maximum atomic E-state index is 12.5. The molecule has 0 spiro atoms. The van der Waals surface area contributed by atoms with E-state index in [4.69, 9.17) is 14.2 Å². The van der Waals surface area contributed by atoms with Crippen LogP contribution in [0.1, 0.15) is 52.6 Å². The highest BCUT2D eigenvalue weighted by molar-refractivity contribution is 5.99. The van der Waals surface area contributed by atoms with E-state index in [1.807, 2.05) is 49.4 Å². The number of imidazole rings is 1. The van der Waals surface area contributed by atoms with Crippen LogP contribution in [0.2, 0.25) is 0 Å². The Balaban J connectivity index is 1.76. The van der Waals surface area contributed by atoms with Crippen LogP contribution in [0.5, 0.6) is 5.75 Å². The van der Waals surface area contributed by atoms with E-state index in [0.29, 0.717) is 37.8 Å². The number of ketones is 1. The molecule has 0 radical (unpaired) electrons. The van der Waals surface area contributed by atoms with Gasteiger partial charge in [-0.2, -0.15) is 0 Å². The second-order valence-electron chi connectivity index (χ2n) is 7.83. The standard InChI is InChI=1S/C25H28N2O4/c1-25(24-26-13-14-27-24,18-7-4-3-5-8-18)31-23-12-11-20-19(9-6-10-22(20)28)21(23)17-30-16-15-29-2/h3-5,7-8,11-14H,6,9-10,15-17H2,1-2H3,(H,26,27)/t25-/m0/s1. The van der Waals surface area contributed by atoms with Gasteiger partial charge in [-0.1, -0.05) is 30.3 Å². The van der Waals surface area contributed by atoms with Crippen LogP contribution in [0.15, 0.2) is 54.9 Å². The van der Waals surface area contributed by atoms with Crippen molar-refractivity contribution in [2.75, 3.05) is 20.3 Å². The van der Waals surface area contributed by atoms with E-state index in [2.05, 4.69) is 9.97 Å². The van der Waals surface area contributed by atoms with E-state index >= 15 is 0 Å². The quantitative estimate of drug-likeness (QED) is 0.518. The van der Waals surface area contributed by atoms with Crippen LogP contribution in [-0.2, 0) is 28.1 Å². The molecule has 6 nitrogen and oxygen atoms in total. The monoisotopic (exact) mass is 420 g/mol. The number of rotatable bonds is 9. The number of hydrogen-bond donors (Lipinski definition) is 1. The number of nitrogens with zero attached hydrogens (tertiary/aromatic N) is 1. The van der Waals surface area contributed by atoms with Crippen molar-refractivity contribution in [3.05, 3.63) is 82.9 Å². The normalized spacial score (nSPS) is 15.4. The van der Waals surface area contributed by atoms with E-state index in [0.717, 1.165) is 35.1 Å². The Morgan fingerprint density at radius 3 is 2.68 bits per heavy atom. The molecular weight excluding hydrogens is 392 g/mol. The lowest BCUT2D eigenvalue weighted by atomic mass is 9.86. The third-order valence-electron chi connectivity index (χ3n) is 5.79. The summed E-state index contributed by atoms with van der Waals surface area (Å²) >= 11 is 0. The summed E-state index contributed by atoms with van der Waals surface area (Å²) in [4.78, 5) is 20.2. The Hall–Kier alpha value is -2.96. The van der Waals surface area contributed by atoms with Crippen molar-refractivity contribution >= 4 is 5.78 Å². The van der Waals surface area contributed by atoms with Crippen molar-refractivity contribution in [2.45, 2.75) is 38.4 Å². The summed E-state index contributed by atoms with van der Waals surface area (Å²) < 4.78 is 17.7. The predicted octanol–water partition coefficient (Wildman–Crippen LogP) is 4.43. The summed E-state index contributed by atoms with van der Waals surface area (Å²) in [5.74, 6) is 1.59. The van der Waals surface area contributed by atoms with Crippen LogP contribution < -0.4 is 4.74 Å². The molecule has 3 aromatic rings. The molecule has 2 aromatic carbocycles. The second kappa shape index (κ2) is 9.45. The lowest BCUT2D eigenvalue weighted by Gasteiger charge is -2.32.